The molecular weight excluding hydrogens is 397 g/mol. The number of hydrogen-bond donors (Lipinski definition) is 2. The zero-order valence-corrected chi connectivity index (χ0v) is 16.8. The largest absolute Gasteiger partial charge is 0.478 e. The molecule has 0 saturated heterocycles. The standard InChI is InChI=1S/C21H20FNO5S/c1-3-28-21(27)18-14-9-12(10-24)7-8-15(14)23(2)16(18)11-29-17-6-4-5-13(19(17)22)20(25)26/h4-9,24H,3,10-11H2,1-2H3,(H,25,26). The Hall–Kier alpha value is -2.84. The lowest BCUT2D eigenvalue weighted by atomic mass is 10.1. The lowest BCUT2D eigenvalue weighted by molar-refractivity contribution is 0.0527. The van der Waals surface area contributed by atoms with Crippen LogP contribution in [0.4, 0.5) is 4.39 Å². The Balaban J connectivity index is 2.06. The van der Waals surface area contributed by atoms with Gasteiger partial charge >= 0.3 is 11.9 Å². The number of aromatic carboxylic acids is 1. The molecule has 6 nitrogen and oxygen atoms in total. The summed E-state index contributed by atoms with van der Waals surface area (Å²) in [4.78, 5) is 24.0. The van der Waals surface area contributed by atoms with Gasteiger partial charge in [0.1, 0.15) is 0 Å². The maximum Gasteiger partial charge on any atom is 0.340 e. The number of halogens is 1. The number of aromatic nitrogens is 1. The van der Waals surface area contributed by atoms with Crippen molar-refractivity contribution in [2.24, 2.45) is 7.05 Å². The number of aliphatic hydroxyl groups is 1. The molecule has 29 heavy (non-hydrogen) atoms. The molecule has 0 atom stereocenters. The van der Waals surface area contributed by atoms with Crippen LogP contribution in [0, 0.1) is 5.82 Å². The van der Waals surface area contributed by atoms with Crippen molar-refractivity contribution in [3.63, 3.8) is 0 Å². The molecule has 0 amide bonds. The molecule has 0 saturated carbocycles. The zero-order valence-electron chi connectivity index (χ0n) is 15.9. The number of carboxylic acids is 1. The molecule has 0 aliphatic rings. The predicted octanol–water partition coefficient (Wildman–Crippen LogP) is 3.98. The quantitative estimate of drug-likeness (QED) is 0.447. The van der Waals surface area contributed by atoms with Gasteiger partial charge in [-0.25, -0.2) is 14.0 Å². The molecule has 0 aliphatic carbocycles. The number of carbonyl (C=O) groups excluding carboxylic acids is 1. The topological polar surface area (TPSA) is 88.8 Å². The highest BCUT2D eigenvalue weighted by Gasteiger charge is 2.23. The zero-order chi connectivity index (χ0) is 21.1. The average Bonchev–Trinajstić information content (AvgIpc) is 2.98. The Kier molecular flexibility index (Phi) is 6.24. The number of aryl methyl sites for hydroxylation is 1. The molecule has 0 radical (unpaired) electrons. The van der Waals surface area contributed by atoms with Crippen molar-refractivity contribution in [2.45, 2.75) is 24.2 Å². The minimum Gasteiger partial charge on any atom is -0.478 e. The van der Waals surface area contributed by atoms with Crippen molar-refractivity contribution in [1.82, 2.24) is 4.57 Å². The lowest BCUT2D eigenvalue weighted by Crippen LogP contribution is -2.08. The second-order valence-corrected chi connectivity index (χ2v) is 7.34. The van der Waals surface area contributed by atoms with Gasteiger partial charge in [0.2, 0.25) is 0 Å². The Morgan fingerprint density at radius 3 is 2.66 bits per heavy atom. The van der Waals surface area contributed by atoms with Gasteiger partial charge in [0.25, 0.3) is 0 Å². The van der Waals surface area contributed by atoms with Gasteiger partial charge in [-0.1, -0.05) is 12.1 Å². The van der Waals surface area contributed by atoms with E-state index in [4.69, 9.17) is 9.84 Å². The molecule has 0 spiro atoms. The molecule has 1 heterocycles. The summed E-state index contributed by atoms with van der Waals surface area (Å²) < 4.78 is 21.5. The minimum absolute atomic E-state index is 0.162. The molecular formula is C21H20FNO5S. The molecule has 0 unspecified atom stereocenters. The number of thioether (sulfide) groups is 1. The van der Waals surface area contributed by atoms with Gasteiger partial charge in [0, 0.05) is 34.3 Å². The van der Waals surface area contributed by atoms with E-state index in [0.717, 1.165) is 17.3 Å². The second kappa shape index (κ2) is 8.67. The average molecular weight is 417 g/mol. The third-order valence-corrected chi connectivity index (χ3v) is 5.65. The third kappa shape index (κ3) is 3.99. The number of nitrogens with zero attached hydrogens (tertiary/aromatic N) is 1. The van der Waals surface area contributed by atoms with E-state index in [9.17, 15) is 19.1 Å². The summed E-state index contributed by atoms with van der Waals surface area (Å²) in [6.07, 6.45) is 0. The number of carboxylic acid groups (broad SMARTS) is 1. The fourth-order valence-corrected chi connectivity index (χ4v) is 4.22. The monoisotopic (exact) mass is 417 g/mol. The van der Waals surface area contributed by atoms with E-state index >= 15 is 0 Å². The Labute approximate surface area is 170 Å². The van der Waals surface area contributed by atoms with Gasteiger partial charge in [0.15, 0.2) is 5.82 Å². The fourth-order valence-electron chi connectivity index (χ4n) is 3.18. The minimum atomic E-state index is -1.33. The lowest BCUT2D eigenvalue weighted by Gasteiger charge is -2.09. The van der Waals surface area contributed by atoms with Crippen LogP contribution in [0.25, 0.3) is 10.9 Å². The number of carbonyl (C=O) groups is 2. The summed E-state index contributed by atoms with van der Waals surface area (Å²) in [6, 6.07) is 9.51. The third-order valence-electron chi connectivity index (χ3n) is 4.61. The summed E-state index contributed by atoms with van der Waals surface area (Å²) in [5.41, 5.74) is 2.03. The normalized spacial score (nSPS) is 11.0. The summed E-state index contributed by atoms with van der Waals surface area (Å²) in [6.45, 7) is 1.75. The van der Waals surface area contributed by atoms with E-state index in [1.165, 1.54) is 18.2 Å². The first-order valence-corrected chi connectivity index (χ1v) is 9.90. The van der Waals surface area contributed by atoms with Crippen LogP contribution in [0.5, 0.6) is 0 Å². The van der Waals surface area contributed by atoms with E-state index < -0.39 is 23.3 Å². The highest BCUT2D eigenvalue weighted by Crippen LogP contribution is 2.33. The van der Waals surface area contributed by atoms with E-state index in [-0.39, 0.29) is 23.9 Å². The molecule has 3 rings (SSSR count). The number of hydrogen-bond acceptors (Lipinski definition) is 5. The van der Waals surface area contributed by atoms with Crippen molar-refractivity contribution in [2.75, 3.05) is 6.61 Å². The van der Waals surface area contributed by atoms with Crippen LogP contribution in [-0.4, -0.2) is 33.3 Å². The number of esters is 1. The number of benzene rings is 2. The number of rotatable bonds is 7. The van der Waals surface area contributed by atoms with Crippen molar-refractivity contribution >= 4 is 34.6 Å². The first-order chi connectivity index (χ1) is 13.9. The van der Waals surface area contributed by atoms with E-state index in [1.807, 2.05) is 10.6 Å². The first-order valence-electron chi connectivity index (χ1n) is 8.91. The maximum absolute atomic E-state index is 14.5. The SMILES string of the molecule is CCOC(=O)c1c(CSc2cccc(C(=O)O)c2F)n(C)c2ccc(CO)cc12. The van der Waals surface area contributed by atoms with Crippen LogP contribution >= 0.6 is 11.8 Å². The van der Waals surface area contributed by atoms with Crippen LogP contribution in [-0.2, 0) is 24.1 Å². The summed E-state index contributed by atoms with van der Waals surface area (Å²) >= 11 is 1.10. The highest BCUT2D eigenvalue weighted by atomic mass is 32.2. The summed E-state index contributed by atoms with van der Waals surface area (Å²) in [7, 11) is 1.80. The van der Waals surface area contributed by atoms with Gasteiger partial charge in [0.05, 0.1) is 24.3 Å². The van der Waals surface area contributed by atoms with Crippen LogP contribution in [0.2, 0.25) is 0 Å². The van der Waals surface area contributed by atoms with Crippen LogP contribution in [0.1, 0.15) is 38.9 Å². The van der Waals surface area contributed by atoms with Gasteiger partial charge < -0.3 is 19.5 Å². The fraction of sp³-hybridized carbons (Fsp3) is 0.238. The van der Waals surface area contributed by atoms with Crippen LogP contribution < -0.4 is 0 Å². The van der Waals surface area contributed by atoms with E-state index in [0.29, 0.717) is 22.2 Å². The molecule has 0 fully saturated rings. The molecule has 152 valence electrons. The van der Waals surface area contributed by atoms with Crippen molar-refractivity contribution in [3.8, 4) is 0 Å². The number of aliphatic hydroxyl groups excluding tert-OH is 1. The molecule has 2 N–H and O–H groups in total. The molecule has 0 bridgehead atoms. The van der Waals surface area contributed by atoms with Crippen LogP contribution in [0.3, 0.4) is 0 Å². The number of ether oxygens (including phenoxy) is 1. The summed E-state index contributed by atoms with van der Waals surface area (Å²) in [5.74, 6) is -2.40. The van der Waals surface area contributed by atoms with Gasteiger partial charge in [-0.15, -0.1) is 11.8 Å². The highest BCUT2D eigenvalue weighted by molar-refractivity contribution is 7.98. The maximum atomic E-state index is 14.5. The first kappa shape index (κ1) is 20.9. The molecule has 0 aliphatic heterocycles. The molecule has 2 aromatic carbocycles. The molecule has 8 heteroatoms. The molecule has 3 aromatic rings. The Bertz CT molecular complexity index is 1090. The predicted molar refractivity (Wildman–Crippen MR) is 108 cm³/mol. The van der Waals surface area contributed by atoms with Gasteiger partial charge in [-0.2, -0.15) is 0 Å². The van der Waals surface area contributed by atoms with Crippen molar-refractivity contribution < 1.29 is 28.9 Å². The Morgan fingerprint density at radius 2 is 2.00 bits per heavy atom. The van der Waals surface area contributed by atoms with Crippen molar-refractivity contribution in [3.05, 3.63) is 64.6 Å². The Morgan fingerprint density at radius 1 is 1.24 bits per heavy atom. The second-order valence-electron chi connectivity index (χ2n) is 6.32. The van der Waals surface area contributed by atoms with Gasteiger partial charge in [-0.05, 0) is 36.8 Å². The number of fused-ring (bicyclic) bond motifs is 1. The molecule has 1 aromatic heterocycles. The summed E-state index contributed by atoms with van der Waals surface area (Å²) in [5, 5.41) is 19.2. The van der Waals surface area contributed by atoms with Gasteiger partial charge in [-0.3, -0.25) is 0 Å². The smallest absolute Gasteiger partial charge is 0.340 e. The van der Waals surface area contributed by atoms with E-state index in [1.54, 1.807) is 26.1 Å². The van der Waals surface area contributed by atoms with Crippen LogP contribution in [0.15, 0.2) is 41.3 Å². The van der Waals surface area contributed by atoms with Crippen molar-refractivity contribution in [1.29, 1.82) is 0 Å². The van der Waals surface area contributed by atoms with E-state index in [2.05, 4.69) is 0 Å².